The van der Waals surface area contributed by atoms with Gasteiger partial charge in [0, 0.05) is 16.1 Å². The predicted molar refractivity (Wildman–Crippen MR) is 102 cm³/mol. The molecule has 4 aromatic rings. The molecule has 5 heteroatoms. The fourth-order valence-corrected chi connectivity index (χ4v) is 2.91. The van der Waals surface area contributed by atoms with E-state index in [1.165, 1.54) is 0 Å². The third-order valence-electron chi connectivity index (χ3n) is 4.10. The average molecular weight is 363 g/mol. The zero-order chi connectivity index (χ0) is 17.9. The van der Waals surface area contributed by atoms with E-state index in [1.54, 1.807) is 35.4 Å². The average Bonchev–Trinajstić information content (AvgIpc) is 3.19. The van der Waals surface area contributed by atoms with Crippen molar-refractivity contribution in [2.75, 3.05) is 4.90 Å². The van der Waals surface area contributed by atoms with Gasteiger partial charge in [0.1, 0.15) is 11.5 Å². The third kappa shape index (κ3) is 3.32. The molecule has 0 aliphatic carbocycles. The number of nitrogens with zero attached hydrogens (tertiary/aromatic N) is 2. The van der Waals surface area contributed by atoms with Crippen LogP contribution in [0.25, 0.3) is 10.9 Å². The van der Waals surface area contributed by atoms with Crippen molar-refractivity contribution < 1.29 is 9.21 Å². The summed E-state index contributed by atoms with van der Waals surface area (Å²) in [5.74, 6) is 0.489. The van der Waals surface area contributed by atoms with Crippen molar-refractivity contribution in [3.05, 3.63) is 95.5 Å². The van der Waals surface area contributed by atoms with Crippen molar-refractivity contribution in [3.63, 3.8) is 0 Å². The van der Waals surface area contributed by atoms with Crippen LogP contribution in [0.2, 0.25) is 5.02 Å². The van der Waals surface area contributed by atoms with Crippen molar-refractivity contribution in [1.29, 1.82) is 0 Å². The lowest BCUT2D eigenvalue weighted by atomic mass is 10.2. The molecule has 0 saturated carbocycles. The second-order valence-electron chi connectivity index (χ2n) is 5.84. The maximum atomic E-state index is 13.2. The van der Waals surface area contributed by atoms with E-state index >= 15 is 0 Å². The van der Waals surface area contributed by atoms with E-state index in [-0.39, 0.29) is 5.91 Å². The number of furan rings is 1. The normalized spacial score (nSPS) is 10.8. The summed E-state index contributed by atoms with van der Waals surface area (Å²) in [5, 5.41) is 1.61. The van der Waals surface area contributed by atoms with Gasteiger partial charge in [-0.3, -0.25) is 9.69 Å². The maximum absolute atomic E-state index is 13.2. The highest BCUT2D eigenvalue weighted by Gasteiger charge is 2.20. The number of hydrogen-bond acceptors (Lipinski definition) is 3. The molecule has 0 aliphatic heterocycles. The molecular formula is C21H15ClN2O2. The van der Waals surface area contributed by atoms with Gasteiger partial charge in [-0.05, 0) is 48.5 Å². The fourth-order valence-electron chi connectivity index (χ4n) is 2.78. The van der Waals surface area contributed by atoms with Crippen molar-refractivity contribution in [3.8, 4) is 0 Å². The number of halogens is 1. The van der Waals surface area contributed by atoms with Gasteiger partial charge in [0.25, 0.3) is 5.91 Å². The van der Waals surface area contributed by atoms with Crippen molar-refractivity contribution in [1.82, 2.24) is 4.98 Å². The third-order valence-corrected chi connectivity index (χ3v) is 4.35. The van der Waals surface area contributed by atoms with Crippen LogP contribution in [0.5, 0.6) is 0 Å². The minimum Gasteiger partial charge on any atom is -0.467 e. The number of para-hydroxylation sites is 1. The molecule has 0 fully saturated rings. The predicted octanol–water partition coefficient (Wildman–Crippen LogP) is 5.33. The van der Waals surface area contributed by atoms with Gasteiger partial charge in [-0.1, -0.05) is 35.9 Å². The zero-order valence-electron chi connectivity index (χ0n) is 13.8. The number of carbonyl (C=O) groups excluding carboxylic acids is 1. The minimum absolute atomic E-state index is 0.200. The van der Waals surface area contributed by atoms with Crippen LogP contribution in [0.15, 0.2) is 83.5 Å². The molecule has 0 aliphatic rings. The number of amides is 1. The highest BCUT2D eigenvalue weighted by Crippen LogP contribution is 2.23. The molecule has 128 valence electrons. The molecule has 0 atom stereocenters. The minimum atomic E-state index is -0.200. The van der Waals surface area contributed by atoms with E-state index in [9.17, 15) is 4.79 Å². The zero-order valence-corrected chi connectivity index (χ0v) is 14.6. The Morgan fingerprint density at radius 1 is 0.962 bits per heavy atom. The van der Waals surface area contributed by atoms with Crippen LogP contribution in [0, 0.1) is 0 Å². The monoisotopic (exact) mass is 362 g/mol. The van der Waals surface area contributed by atoms with Crippen LogP contribution in [-0.2, 0) is 6.54 Å². The lowest BCUT2D eigenvalue weighted by Gasteiger charge is -2.21. The van der Waals surface area contributed by atoms with Gasteiger partial charge in [-0.15, -0.1) is 0 Å². The summed E-state index contributed by atoms with van der Waals surface area (Å²) in [6.45, 7) is 0.308. The van der Waals surface area contributed by atoms with Crippen LogP contribution in [0.4, 0.5) is 5.69 Å². The molecule has 4 nitrogen and oxygen atoms in total. The van der Waals surface area contributed by atoms with Crippen LogP contribution >= 0.6 is 11.6 Å². The van der Waals surface area contributed by atoms with E-state index in [2.05, 4.69) is 4.98 Å². The van der Waals surface area contributed by atoms with Gasteiger partial charge in [0.15, 0.2) is 0 Å². The molecule has 0 radical (unpaired) electrons. The largest absolute Gasteiger partial charge is 0.467 e. The van der Waals surface area contributed by atoms with E-state index in [0.29, 0.717) is 23.0 Å². The molecule has 26 heavy (non-hydrogen) atoms. The molecule has 4 rings (SSSR count). The van der Waals surface area contributed by atoms with Crippen molar-refractivity contribution >= 4 is 34.1 Å². The first-order valence-electron chi connectivity index (χ1n) is 8.16. The van der Waals surface area contributed by atoms with E-state index in [4.69, 9.17) is 16.0 Å². The first-order valence-corrected chi connectivity index (χ1v) is 8.54. The SMILES string of the molecule is O=C(c1ccc2ccccc2n1)N(Cc1ccco1)c1ccc(Cl)cc1. The van der Waals surface area contributed by atoms with Crippen molar-refractivity contribution in [2.45, 2.75) is 6.54 Å². The summed E-state index contributed by atoms with van der Waals surface area (Å²) in [6.07, 6.45) is 1.59. The Bertz CT molecular complexity index is 1040. The van der Waals surface area contributed by atoms with Gasteiger partial charge in [-0.25, -0.2) is 4.98 Å². The summed E-state index contributed by atoms with van der Waals surface area (Å²) in [5.41, 5.74) is 1.89. The number of hydrogen-bond donors (Lipinski definition) is 0. The van der Waals surface area contributed by atoms with Crippen LogP contribution in [0.1, 0.15) is 16.2 Å². The quantitative estimate of drug-likeness (QED) is 0.493. The number of carbonyl (C=O) groups is 1. The molecule has 1 amide bonds. The maximum Gasteiger partial charge on any atom is 0.277 e. The number of aromatic nitrogens is 1. The molecule has 0 saturated heterocycles. The summed E-state index contributed by atoms with van der Waals surface area (Å²) < 4.78 is 5.43. The smallest absolute Gasteiger partial charge is 0.277 e. The Morgan fingerprint density at radius 2 is 1.77 bits per heavy atom. The Hall–Kier alpha value is -3.11. The van der Waals surface area contributed by atoms with Crippen molar-refractivity contribution in [2.24, 2.45) is 0 Å². The second-order valence-corrected chi connectivity index (χ2v) is 6.27. The summed E-state index contributed by atoms with van der Waals surface area (Å²) >= 11 is 5.99. The van der Waals surface area contributed by atoms with Crippen LogP contribution < -0.4 is 4.90 Å². The Labute approximate surface area is 155 Å². The molecule has 2 aromatic heterocycles. The van der Waals surface area contributed by atoms with E-state index in [0.717, 1.165) is 16.6 Å². The Morgan fingerprint density at radius 3 is 2.54 bits per heavy atom. The molecule has 2 aromatic carbocycles. The number of anilines is 1. The standard InChI is InChI=1S/C21H15ClN2O2/c22-16-8-10-17(11-9-16)24(14-18-5-3-13-26-18)21(25)20-12-7-15-4-1-2-6-19(15)23-20/h1-13H,14H2. The number of pyridine rings is 1. The number of fused-ring (bicyclic) bond motifs is 1. The molecule has 0 bridgehead atoms. The number of benzene rings is 2. The molecule has 2 heterocycles. The first-order chi connectivity index (χ1) is 12.7. The molecule has 0 unspecified atom stereocenters. The van der Waals surface area contributed by atoms with Gasteiger partial charge >= 0.3 is 0 Å². The first kappa shape index (κ1) is 16.4. The Kier molecular flexibility index (Phi) is 4.42. The van der Waals surface area contributed by atoms with Gasteiger partial charge in [-0.2, -0.15) is 0 Å². The molecular weight excluding hydrogens is 348 g/mol. The molecule has 0 spiro atoms. The second kappa shape index (κ2) is 7.02. The van der Waals surface area contributed by atoms with Gasteiger partial charge in [0.05, 0.1) is 18.3 Å². The van der Waals surface area contributed by atoms with E-state index in [1.807, 2.05) is 48.5 Å². The van der Waals surface area contributed by atoms with Gasteiger partial charge < -0.3 is 4.42 Å². The highest BCUT2D eigenvalue weighted by molar-refractivity contribution is 6.30. The number of rotatable bonds is 4. The lowest BCUT2D eigenvalue weighted by Crippen LogP contribution is -2.31. The summed E-state index contributed by atoms with van der Waals surface area (Å²) in [6, 6.07) is 22.1. The lowest BCUT2D eigenvalue weighted by molar-refractivity contribution is 0.0979. The van der Waals surface area contributed by atoms with Crippen LogP contribution in [0.3, 0.4) is 0 Å². The fraction of sp³-hybridized carbons (Fsp3) is 0.0476. The summed E-state index contributed by atoms with van der Waals surface area (Å²) in [7, 11) is 0. The Balaban J connectivity index is 1.73. The van der Waals surface area contributed by atoms with E-state index < -0.39 is 0 Å². The van der Waals surface area contributed by atoms with Gasteiger partial charge in [0.2, 0.25) is 0 Å². The highest BCUT2D eigenvalue weighted by atomic mass is 35.5. The van der Waals surface area contributed by atoms with Crippen LogP contribution in [-0.4, -0.2) is 10.9 Å². The summed E-state index contributed by atoms with van der Waals surface area (Å²) in [4.78, 5) is 19.3. The topological polar surface area (TPSA) is 46.3 Å². The molecule has 0 N–H and O–H groups in total.